The minimum Gasteiger partial charge on any atom is -0.494 e. The summed E-state index contributed by atoms with van der Waals surface area (Å²) in [5, 5.41) is 0. The van der Waals surface area contributed by atoms with Crippen LogP contribution in [0.15, 0.2) is 85.2 Å². The van der Waals surface area contributed by atoms with Gasteiger partial charge >= 0.3 is 17.9 Å². The van der Waals surface area contributed by atoms with Gasteiger partial charge in [-0.25, -0.2) is 9.59 Å². The SMILES string of the molecule is C=CC(=O)OCCCCOC1=CCC(C(=O)Oc2ccc(C(=O)Oc3ccc(C)cc3)cc2)C=C1. The Labute approximate surface area is 204 Å². The molecule has 3 rings (SSSR count). The smallest absolute Gasteiger partial charge is 0.343 e. The molecular formula is C28H28O7. The highest BCUT2D eigenvalue weighted by Crippen LogP contribution is 2.22. The fraction of sp³-hybridized carbons (Fsp3) is 0.250. The molecule has 0 N–H and O–H groups in total. The van der Waals surface area contributed by atoms with Crippen molar-refractivity contribution in [2.24, 2.45) is 5.92 Å². The van der Waals surface area contributed by atoms with E-state index in [1.54, 1.807) is 48.6 Å². The van der Waals surface area contributed by atoms with Gasteiger partial charge in [0.25, 0.3) is 0 Å². The van der Waals surface area contributed by atoms with Gasteiger partial charge in [0.2, 0.25) is 0 Å². The molecule has 0 amide bonds. The zero-order chi connectivity index (χ0) is 25.0. The van der Waals surface area contributed by atoms with Crippen molar-refractivity contribution in [3.63, 3.8) is 0 Å². The van der Waals surface area contributed by atoms with Crippen LogP contribution in [0, 0.1) is 12.8 Å². The van der Waals surface area contributed by atoms with Crippen molar-refractivity contribution in [1.82, 2.24) is 0 Å². The van der Waals surface area contributed by atoms with Crippen molar-refractivity contribution in [2.75, 3.05) is 13.2 Å². The molecule has 0 spiro atoms. The molecule has 0 radical (unpaired) electrons. The summed E-state index contributed by atoms with van der Waals surface area (Å²) >= 11 is 0. The van der Waals surface area contributed by atoms with Crippen LogP contribution in [0.2, 0.25) is 0 Å². The van der Waals surface area contributed by atoms with Crippen molar-refractivity contribution < 1.29 is 33.3 Å². The summed E-state index contributed by atoms with van der Waals surface area (Å²) in [6, 6.07) is 13.4. The molecule has 1 aliphatic carbocycles. The van der Waals surface area contributed by atoms with E-state index in [9.17, 15) is 14.4 Å². The number of hydrogen-bond donors (Lipinski definition) is 0. The maximum Gasteiger partial charge on any atom is 0.343 e. The number of hydrogen-bond acceptors (Lipinski definition) is 7. The second-order valence-corrected chi connectivity index (χ2v) is 7.88. The van der Waals surface area contributed by atoms with E-state index in [0.29, 0.717) is 48.9 Å². The van der Waals surface area contributed by atoms with E-state index in [-0.39, 0.29) is 0 Å². The van der Waals surface area contributed by atoms with Crippen molar-refractivity contribution in [3.05, 3.63) is 96.3 Å². The summed E-state index contributed by atoms with van der Waals surface area (Å²) in [4.78, 5) is 35.7. The van der Waals surface area contributed by atoms with Gasteiger partial charge in [-0.1, -0.05) is 30.4 Å². The van der Waals surface area contributed by atoms with Gasteiger partial charge in [0.05, 0.1) is 24.7 Å². The Bertz CT molecular complexity index is 1100. The molecule has 0 fully saturated rings. The van der Waals surface area contributed by atoms with E-state index in [1.165, 1.54) is 0 Å². The lowest BCUT2D eigenvalue weighted by molar-refractivity contribution is -0.138. The number of benzene rings is 2. The zero-order valence-corrected chi connectivity index (χ0v) is 19.6. The van der Waals surface area contributed by atoms with E-state index < -0.39 is 23.8 Å². The molecule has 182 valence electrons. The summed E-state index contributed by atoms with van der Waals surface area (Å²) in [6.07, 6.45) is 8.35. The van der Waals surface area contributed by atoms with Crippen LogP contribution in [0.4, 0.5) is 0 Å². The fourth-order valence-corrected chi connectivity index (χ4v) is 3.13. The molecule has 0 saturated heterocycles. The molecule has 0 aromatic heterocycles. The van der Waals surface area contributed by atoms with Gasteiger partial charge < -0.3 is 18.9 Å². The number of rotatable bonds is 11. The van der Waals surface area contributed by atoms with Crippen molar-refractivity contribution in [3.8, 4) is 11.5 Å². The van der Waals surface area contributed by atoms with Crippen LogP contribution in [0.5, 0.6) is 11.5 Å². The van der Waals surface area contributed by atoms with Crippen molar-refractivity contribution in [2.45, 2.75) is 26.2 Å². The summed E-state index contributed by atoms with van der Waals surface area (Å²) < 4.78 is 21.4. The third kappa shape index (κ3) is 8.30. The number of ether oxygens (including phenoxy) is 4. The summed E-state index contributed by atoms with van der Waals surface area (Å²) in [5.41, 5.74) is 1.43. The summed E-state index contributed by atoms with van der Waals surface area (Å²) in [6.45, 7) is 6.10. The van der Waals surface area contributed by atoms with Gasteiger partial charge in [0, 0.05) is 6.08 Å². The Morgan fingerprint density at radius 2 is 1.60 bits per heavy atom. The minimum absolute atomic E-state index is 0.325. The molecule has 0 saturated carbocycles. The number of esters is 3. The average Bonchev–Trinajstić information content (AvgIpc) is 2.88. The molecule has 35 heavy (non-hydrogen) atoms. The van der Waals surface area contributed by atoms with Gasteiger partial charge in [-0.3, -0.25) is 4.79 Å². The third-order valence-corrected chi connectivity index (χ3v) is 5.13. The second kappa shape index (κ2) is 12.9. The van der Waals surface area contributed by atoms with E-state index in [2.05, 4.69) is 6.58 Å². The zero-order valence-electron chi connectivity index (χ0n) is 19.6. The highest BCUT2D eigenvalue weighted by molar-refractivity contribution is 5.91. The topological polar surface area (TPSA) is 88.1 Å². The number of carbonyl (C=O) groups excluding carboxylic acids is 3. The highest BCUT2D eigenvalue weighted by Gasteiger charge is 2.20. The number of aryl methyl sites for hydroxylation is 1. The van der Waals surface area contributed by atoms with Crippen LogP contribution in [0.25, 0.3) is 0 Å². The molecule has 1 atom stereocenters. The monoisotopic (exact) mass is 476 g/mol. The lowest BCUT2D eigenvalue weighted by Crippen LogP contribution is -2.20. The average molecular weight is 477 g/mol. The first-order valence-corrected chi connectivity index (χ1v) is 11.4. The molecule has 0 aliphatic heterocycles. The Kier molecular flexibility index (Phi) is 9.42. The molecule has 0 bridgehead atoms. The minimum atomic E-state index is -0.489. The maximum absolute atomic E-state index is 12.5. The number of allylic oxidation sites excluding steroid dienone is 2. The quantitative estimate of drug-likeness (QED) is 0.193. The van der Waals surface area contributed by atoms with Gasteiger partial charge in [-0.2, -0.15) is 0 Å². The Morgan fingerprint density at radius 3 is 2.26 bits per heavy atom. The first-order valence-electron chi connectivity index (χ1n) is 11.4. The largest absolute Gasteiger partial charge is 0.494 e. The number of carbonyl (C=O) groups is 3. The Hall–Kier alpha value is -4.13. The molecule has 0 heterocycles. The summed E-state index contributed by atoms with van der Waals surface area (Å²) in [7, 11) is 0. The predicted molar refractivity (Wildman–Crippen MR) is 130 cm³/mol. The first-order chi connectivity index (χ1) is 16.9. The molecule has 1 unspecified atom stereocenters. The Morgan fingerprint density at radius 1 is 0.943 bits per heavy atom. The molecular weight excluding hydrogens is 448 g/mol. The standard InChI is InChI=1S/C28H28O7/c1-3-26(29)33-19-5-4-18-32-23-14-8-21(9-15-23)27(30)35-25-16-10-22(11-17-25)28(31)34-24-12-6-20(2)7-13-24/h3,6-8,10-17,21H,1,4-5,9,18-19H2,2H3. The van der Waals surface area contributed by atoms with Gasteiger partial charge in [-0.15, -0.1) is 0 Å². The maximum atomic E-state index is 12.5. The molecule has 1 aliphatic rings. The van der Waals surface area contributed by atoms with E-state index >= 15 is 0 Å². The lowest BCUT2D eigenvalue weighted by atomic mass is 10.0. The lowest BCUT2D eigenvalue weighted by Gasteiger charge is -2.16. The van der Waals surface area contributed by atoms with Crippen LogP contribution >= 0.6 is 0 Å². The van der Waals surface area contributed by atoms with Crippen LogP contribution in [-0.4, -0.2) is 31.1 Å². The predicted octanol–water partition coefficient (Wildman–Crippen LogP) is 5.11. The normalized spacial score (nSPS) is 14.4. The van der Waals surface area contributed by atoms with Crippen molar-refractivity contribution >= 4 is 17.9 Å². The van der Waals surface area contributed by atoms with Crippen LogP contribution < -0.4 is 9.47 Å². The van der Waals surface area contributed by atoms with E-state index in [4.69, 9.17) is 18.9 Å². The first kappa shape index (κ1) is 25.5. The van der Waals surface area contributed by atoms with E-state index in [1.807, 2.05) is 25.1 Å². The molecule has 2 aromatic rings. The number of unbranched alkanes of at least 4 members (excludes halogenated alkanes) is 1. The van der Waals surface area contributed by atoms with Gasteiger partial charge in [0.15, 0.2) is 0 Å². The fourth-order valence-electron chi connectivity index (χ4n) is 3.13. The third-order valence-electron chi connectivity index (χ3n) is 5.13. The highest BCUT2D eigenvalue weighted by atomic mass is 16.5. The van der Waals surface area contributed by atoms with Crippen molar-refractivity contribution in [1.29, 1.82) is 0 Å². The second-order valence-electron chi connectivity index (χ2n) is 7.88. The van der Waals surface area contributed by atoms with E-state index in [0.717, 1.165) is 18.1 Å². The van der Waals surface area contributed by atoms with Crippen LogP contribution in [0.3, 0.4) is 0 Å². The molecule has 7 heteroatoms. The van der Waals surface area contributed by atoms with Gasteiger partial charge in [0.1, 0.15) is 17.3 Å². The Balaban J connectivity index is 1.39. The van der Waals surface area contributed by atoms with Gasteiger partial charge in [-0.05, 0) is 74.7 Å². The summed E-state index contributed by atoms with van der Waals surface area (Å²) in [5.74, 6) is -0.240. The van der Waals surface area contributed by atoms with Crippen LogP contribution in [-0.2, 0) is 19.1 Å². The molecule has 2 aromatic carbocycles. The van der Waals surface area contributed by atoms with Crippen LogP contribution in [0.1, 0.15) is 35.2 Å². The molecule has 7 nitrogen and oxygen atoms in total.